The quantitative estimate of drug-likeness (QED) is 0.704. The van der Waals surface area contributed by atoms with E-state index in [4.69, 9.17) is 14.2 Å². The molecule has 7 heteroatoms. The van der Waals surface area contributed by atoms with Crippen LogP contribution in [0, 0.1) is 0 Å². The van der Waals surface area contributed by atoms with Crippen molar-refractivity contribution in [1.82, 2.24) is 10.2 Å². The van der Waals surface area contributed by atoms with Gasteiger partial charge in [0.2, 0.25) is 18.6 Å². The summed E-state index contributed by atoms with van der Waals surface area (Å²) in [5.41, 5.74) is 0.0747. The summed E-state index contributed by atoms with van der Waals surface area (Å²) in [5.74, 6) is 1.26. The van der Waals surface area contributed by atoms with Crippen LogP contribution in [0.4, 0.5) is 0 Å². The summed E-state index contributed by atoms with van der Waals surface area (Å²) in [4.78, 5) is 26.9. The molecule has 2 aliphatic heterocycles. The lowest BCUT2D eigenvalue weighted by Gasteiger charge is -2.34. The van der Waals surface area contributed by atoms with Gasteiger partial charge in [0.15, 0.2) is 11.5 Å². The van der Waals surface area contributed by atoms with Gasteiger partial charge in [0.05, 0.1) is 6.10 Å². The third kappa shape index (κ3) is 4.35. The van der Waals surface area contributed by atoms with E-state index in [1.165, 1.54) is 0 Å². The van der Waals surface area contributed by atoms with Gasteiger partial charge in [0.1, 0.15) is 5.54 Å². The van der Waals surface area contributed by atoms with Crippen LogP contribution in [0.1, 0.15) is 45.6 Å². The number of benzene rings is 1. The second-order valence-corrected chi connectivity index (χ2v) is 7.47. The minimum absolute atomic E-state index is 0.00606. The first-order valence-corrected chi connectivity index (χ1v) is 9.49. The monoisotopic (exact) mass is 376 g/mol. The van der Waals surface area contributed by atoms with E-state index in [0.29, 0.717) is 44.0 Å². The van der Waals surface area contributed by atoms with E-state index in [2.05, 4.69) is 5.32 Å². The molecule has 1 saturated heterocycles. The van der Waals surface area contributed by atoms with Gasteiger partial charge in [-0.1, -0.05) is 6.07 Å². The molecule has 27 heavy (non-hydrogen) atoms. The van der Waals surface area contributed by atoms with Gasteiger partial charge < -0.3 is 24.4 Å². The maximum atomic E-state index is 12.8. The number of rotatable bonds is 8. The summed E-state index contributed by atoms with van der Waals surface area (Å²) >= 11 is 0. The molecule has 0 aromatic heterocycles. The number of likely N-dealkylation sites (tertiary alicyclic amines) is 1. The SMILES string of the molecule is CC(C)OCCCNC(=O)[C@@]1(C)CCC(=O)N1Cc1ccc2c(c1)OCO2. The maximum absolute atomic E-state index is 12.8. The Kier molecular flexibility index (Phi) is 5.89. The predicted octanol–water partition coefficient (Wildman–Crippen LogP) is 2.23. The molecule has 0 aliphatic carbocycles. The molecule has 0 spiro atoms. The lowest BCUT2D eigenvalue weighted by atomic mass is 9.97. The Morgan fingerprint density at radius 3 is 2.89 bits per heavy atom. The summed E-state index contributed by atoms with van der Waals surface area (Å²) in [6.07, 6.45) is 1.83. The van der Waals surface area contributed by atoms with Gasteiger partial charge in [-0.05, 0) is 51.3 Å². The molecule has 1 N–H and O–H groups in total. The molecular formula is C20H28N2O5. The first-order valence-electron chi connectivity index (χ1n) is 9.49. The fourth-order valence-corrected chi connectivity index (χ4v) is 3.40. The van der Waals surface area contributed by atoms with E-state index >= 15 is 0 Å². The average Bonchev–Trinajstić information content (AvgIpc) is 3.21. The van der Waals surface area contributed by atoms with Gasteiger partial charge in [-0.15, -0.1) is 0 Å². The first kappa shape index (κ1) is 19.5. The van der Waals surface area contributed by atoms with Crippen molar-refractivity contribution >= 4 is 11.8 Å². The molecule has 2 heterocycles. The van der Waals surface area contributed by atoms with Crippen molar-refractivity contribution in [2.24, 2.45) is 0 Å². The Bertz CT molecular complexity index is 706. The number of nitrogens with zero attached hydrogens (tertiary/aromatic N) is 1. The molecule has 1 aromatic carbocycles. The second kappa shape index (κ2) is 8.17. The zero-order valence-corrected chi connectivity index (χ0v) is 16.2. The second-order valence-electron chi connectivity index (χ2n) is 7.47. The van der Waals surface area contributed by atoms with E-state index in [1.54, 1.807) is 4.90 Å². The fraction of sp³-hybridized carbons (Fsp3) is 0.600. The topological polar surface area (TPSA) is 77.1 Å². The van der Waals surface area contributed by atoms with Gasteiger partial charge in [0, 0.05) is 26.1 Å². The number of fused-ring (bicyclic) bond motifs is 1. The summed E-state index contributed by atoms with van der Waals surface area (Å²) in [5, 5.41) is 2.96. The van der Waals surface area contributed by atoms with Crippen LogP contribution in [-0.2, 0) is 20.9 Å². The van der Waals surface area contributed by atoms with E-state index < -0.39 is 5.54 Å². The minimum Gasteiger partial charge on any atom is -0.454 e. The van der Waals surface area contributed by atoms with Gasteiger partial charge >= 0.3 is 0 Å². The van der Waals surface area contributed by atoms with E-state index in [9.17, 15) is 9.59 Å². The Hall–Kier alpha value is -2.28. The summed E-state index contributed by atoms with van der Waals surface area (Å²) in [6.45, 7) is 7.53. The highest BCUT2D eigenvalue weighted by Gasteiger charge is 2.47. The molecule has 148 valence electrons. The van der Waals surface area contributed by atoms with Crippen molar-refractivity contribution in [3.8, 4) is 11.5 Å². The smallest absolute Gasteiger partial charge is 0.245 e. The lowest BCUT2D eigenvalue weighted by Crippen LogP contribution is -2.54. The third-order valence-electron chi connectivity index (χ3n) is 5.05. The van der Waals surface area contributed by atoms with E-state index in [1.807, 2.05) is 39.0 Å². The Balaban J connectivity index is 1.61. The van der Waals surface area contributed by atoms with Crippen molar-refractivity contribution < 1.29 is 23.8 Å². The highest BCUT2D eigenvalue weighted by Crippen LogP contribution is 2.36. The largest absolute Gasteiger partial charge is 0.454 e. The molecule has 0 unspecified atom stereocenters. The summed E-state index contributed by atoms with van der Waals surface area (Å²) in [6, 6.07) is 5.61. The molecule has 7 nitrogen and oxygen atoms in total. The van der Waals surface area contributed by atoms with Gasteiger partial charge in [-0.3, -0.25) is 9.59 Å². The molecule has 0 saturated carbocycles. The Morgan fingerprint density at radius 2 is 2.11 bits per heavy atom. The van der Waals surface area contributed by atoms with Crippen molar-refractivity contribution in [2.45, 2.75) is 58.2 Å². The van der Waals surface area contributed by atoms with Crippen molar-refractivity contribution in [3.63, 3.8) is 0 Å². The molecule has 2 amide bonds. The molecule has 1 aromatic rings. The Morgan fingerprint density at radius 1 is 1.33 bits per heavy atom. The Labute approximate surface area is 160 Å². The van der Waals surface area contributed by atoms with Crippen LogP contribution >= 0.6 is 0 Å². The zero-order valence-electron chi connectivity index (χ0n) is 16.2. The number of ether oxygens (including phenoxy) is 3. The van der Waals surface area contributed by atoms with Crippen LogP contribution in [0.25, 0.3) is 0 Å². The number of amides is 2. The normalized spacial score (nSPS) is 21.2. The highest BCUT2D eigenvalue weighted by atomic mass is 16.7. The van der Waals surface area contributed by atoms with Crippen LogP contribution in [0.15, 0.2) is 18.2 Å². The van der Waals surface area contributed by atoms with E-state index in [0.717, 1.165) is 12.0 Å². The van der Waals surface area contributed by atoms with E-state index in [-0.39, 0.29) is 24.7 Å². The fourth-order valence-electron chi connectivity index (χ4n) is 3.40. The van der Waals surface area contributed by atoms with Crippen LogP contribution < -0.4 is 14.8 Å². The first-order chi connectivity index (χ1) is 12.9. The average molecular weight is 376 g/mol. The van der Waals surface area contributed by atoms with Crippen molar-refractivity contribution in [1.29, 1.82) is 0 Å². The van der Waals surface area contributed by atoms with Crippen molar-refractivity contribution in [2.75, 3.05) is 19.9 Å². The van der Waals surface area contributed by atoms with Gasteiger partial charge in [-0.25, -0.2) is 0 Å². The third-order valence-corrected chi connectivity index (χ3v) is 5.05. The lowest BCUT2D eigenvalue weighted by molar-refractivity contribution is -0.141. The molecular weight excluding hydrogens is 348 g/mol. The van der Waals surface area contributed by atoms with Gasteiger partial charge in [-0.2, -0.15) is 0 Å². The van der Waals surface area contributed by atoms with Crippen molar-refractivity contribution in [3.05, 3.63) is 23.8 Å². The summed E-state index contributed by atoms with van der Waals surface area (Å²) in [7, 11) is 0. The highest BCUT2D eigenvalue weighted by molar-refractivity contribution is 5.94. The maximum Gasteiger partial charge on any atom is 0.245 e. The number of hydrogen-bond donors (Lipinski definition) is 1. The number of carbonyl (C=O) groups excluding carboxylic acids is 2. The molecule has 0 bridgehead atoms. The number of nitrogens with one attached hydrogen (secondary N) is 1. The van der Waals surface area contributed by atoms with Crippen LogP contribution in [-0.4, -0.2) is 48.3 Å². The minimum atomic E-state index is -0.841. The molecule has 1 fully saturated rings. The molecule has 1 atom stereocenters. The van der Waals surface area contributed by atoms with Crippen LogP contribution in [0.3, 0.4) is 0 Å². The van der Waals surface area contributed by atoms with Crippen LogP contribution in [0.2, 0.25) is 0 Å². The number of hydrogen-bond acceptors (Lipinski definition) is 5. The summed E-state index contributed by atoms with van der Waals surface area (Å²) < 4.78 is 16.2. The molecule has 0 radical (unpaired) electrons. The standard InChI is InChI=1S/C20H28N2O5/c1-14(2)25-10-4-9-21-19(24)20(3)8-7-18(23)22(20)12-15-5-6-16-17(11-15)27-13-26-16/h5-6,11,14H,4,7-10,12-13H2,1-3H3,(H,21,24)/t20-/m1/s1. The van der Waals surface area contributed by atoms with Gasteiger partial charge in [0.25, 0.3) is 0 Å². The number of carbonyl (C=O) groups is 2. The zero-order chi connectivity index (χ0) is 19.4. The predicted molar refractivity (Wildman–Crippen MR) is 99.5 cm³/mol. The van der Waals surface area contributed by atoms with Crippen LogP contribution in [0.5, 0.6) is 11.5 Å². The molecule has 2 aliphatic rings. The molecule has 3 rings (SSSR count).